The zero-order valence-corrected chi connectivity index (χ0v) is 20.0. The Morgan fingerprint density at radius 1 is 1.00 bits per heavy atom. The third-order valence-electron chi connectivity index (χ3n) is 4.84. The molecule has 1 heterocycles. The summed E-state index contributed by atoms with van der Waals surface area (Å²) in [5, 5.41) is 2.64. The second-order valence-electron chi connectivity index (χ2n) is 7.11. The Labute approximate surface area is 207 Å². The van der Waals surface area contributed by atoms with E-state index < -0.39 is 23.6 Å². The normalized spacial score (nSPS) is 13.5. The lowest BCUT2D eigenvalue weighted by atomic mass is 10.2. The number of imide groups is 1. The fourth-order valence-corrected chi connectivity index (χ4v) is 4.06. The van der Waals surface area contributed by atoms with E-state index in [0.29, 0.717) is 11.4 Å². The second-order valence-corrected chi connectivity index (χ2v) is 8.73. The first kappa shape index (κ1) is 22.9. The Bertz CT molecular complexity index is 1310. The highest BCUT2D eigenvalue weighted by atomic mass is 127. The summed E-state index contributed by atoms with van der Waals surface area (Å²) in [5.41, 5.74) is 1.86. The van der Waals surface area contributed by atoms with Crippen LogP contribution in [0, 0.1) is 16.3 Å². The lowest BCUT2D eigenvalue weighted by molar-refractivity contribution is -0.120. The van der Waals surface area contributed by atoms with Crippen molar-refractivity contribution < 1.29 is 23.5 Å². The van der Waals surface area contributed by atoms with Crippen LogP contribution in [0.4, 0.5) is 15.8 Å². The minimum Gasteiger partial charge on any atom is -0.423 e. The van der Waals surface area contributed by atoms with Crippen LogP contribution >= 0.6 is 34.2 Å². The summed E-state index contributed by atoms with van der Waals surface area (Å²) >= 11 is 8.34. The number of nitrogens with one attached hydrogen (secondary N) is 1. The number of nitrogens with zero attached hydrogens (tertiary/aromatic N) is 1. The standard InChI is InChI=1S/C24H15ClFIN2O4/c1-13-12-16(27)6-11-19(13)29-22(30)20(25)21(23(29)31)28-17-7-2-14(3-8-17)24(32)33-18-9-4-15(26)5-10-18/h2-12,28H,1H3. The minimum absolute atomic E-state index is 0.0544. The van der Waals surface area contributed by atoms with Gasteiger partial charge in [-0.25, -0.2) is 14.1 Å². The van der Waals surface area contributed by atoms with Crippen LogP contribution in [0.2, 0.25) is 0 Å². The van der Waals surface area contributed by atoms with Crippen molar-refractivity contribution in [1.29, 1.82) is 0 Å². The molecule has 3 aromatic carbocycles. The van der Waals surface area contributed by atoms with Crippen LogP contribution < -0.4 is 15.0 Å². The number of carbonyl (C=O) groups excluding carboxylic acids is 3. The summed E-state index contributed by atoms with van der Waals surface area (Å²) in [7, 11) is 0. The topological polar surface area (TPSA) is 75.7 Å². The fourth-order valence-electron chi connectivity index (χ4n) is 3.20. The Kier molecular flexibility index (Phi) is 6.48. The summed E-state index contributed by atoms with van der Waals surface area (Å²) in [4.78, 5) is 39.0. The highest BCUT2D eigenvalue weighted by molar-refractivity contribution is 14.1. The largest absolute Gasteiger partial charge is 0.423 e. The van der Waals surface area contributed by atoms with Crippen molar-refractivity contribution in [3.8, 4) is 5.75 Å². The maximum atomic E-state index is 13.0. The first-order valence-electron chi connectivity index (χ1n) is 9.64. The van der Waals surface area contributed by atoms with Crippen molar-refractivity contribution in [2.24, 2.45) is 0 Å². The molecule has 166 valence electrons. The van der Waals surface area contributed by atoms with E-state index >= 15 is 0 Å². The van der Waals surface area contributed by atoms with Gasteiger partial charge in [-0.05, 0) is 102 Å². The molecule has 2 amide bonds. The van der Waals surface area contributed by atoms with Crippen LogP contribution in [0.1, 0.15) is 15.9 Å². The van der Waals surface area contributed by atoms with Crippen molar-refractivity contribution in [3.63, 3.8) is 0 Å². The summed E-state index contributed by atoms with van der Waals surface area (Å²) in [5.74, 6) is -2.05. The Balaban J connectivity index is 1.49. The maximum Gasteiger partial charge on any atom is 0.343 e. The number of ether oxygens (including phenoxy) is 1. The molecule has 0 atom stereocenters. The van der Waals surface area contributed by atoms with E-state index in [1.54, 1.807) is 31.2 Å². The molecule has 1 N–H and O–H groups in total. The highest BCUT2D eigenvalue weighted by Crippen LogP contribution is 2.32. The first-order chi connectivity index (χ1) is 15.7. The summed E-state index contributed by atoms with van der Waals surface area (Å²) in [6, 6.07) is 16.5. The van der Waals surface area contributed by atoms with Gasteiger partial charge in [-0.3, -0.25) is 9.59 Å². The van der Waals surface area contributed by atoms with E-state index in [1.165, 1.54) is 36.4 Å². The van der Waals surface area contributed by atoms with Crippen molar-refractivity contribution in [2.75, 3.05) is 10.2 Å². The molecule has 1 aliphatic heterocycles. The quantitative estimate of drug-likeness (QED) is 0.191. The smallest absolute Gasteiger partial charge is 0.343 e. The molecule has 0 radical (unpaired) electrons. The van der Waals surface area contributed by atoms with E-state index in [4.69, 9.17) is 16.3 Å². The number of esters is 1. The number of rotatable bonds is 5. The van der Waals surface area contributed by atoms with Gasteiger partial charge in [-0.1, -0.05) is 11.6 Å². The van der Waals surface area contributed by atoms with Crippen LogP contribution in [-0.2, 0) is 9.59 Å². The molecule has 0 unspecified atom stereocenters. The maximum absolute atomic E-state index is 13.0. The highest BCUT2D eigenvalue weighted by Gasteiger charge is 2.39. The molecule has 6 nitrogen and oxygen atoms in total. The van der Waals surface area contributed by atoms with Crippen molar-refractivity contribution >= 4 is 63.4 Å². The lowest BCUT2D eigenvalue weighted by Crippen LogP contribution is -2.32. The van der Waals surface area contributed by atoms with E-state index in [0.717, 1.165) is 14.0 Å². The predicted octanol–water partition coefficient (Wildman–Crippen LogP) is 5.39. The molecule has 0 aliphatic carbocycles. The number of hydrogen-bond acceptors (Lipinski definition) is 5. The van der Waals surface area contributed by atoms with E-state index in [2.05, 4.69) is 27.9 Å². The molecule has 0 saturated heterocycles. The molecule has 0 saturated carbocycles. The zero-order valence-electron chi connectivity index (χ0n) is 17.1. The molecule has 4 rings (SSSR count). The molecule has 1 aliphatic rings. The van der Waals surface area contributed by atoms with Gasteiger partial charge in [-0.15, -0.1) is 0 Å². The van der Waals surface area contributed by atoms with Crippen LogP contribution in [0.3, 0.4) is 0 Å². The monoisotopic (exact) mass is 576 g/mol. The van der Waals surface area contributed by atoms with Gasteiger partial charge in [-0.2, -0.15) is 0 Å². The van der Waals surface area contributed by atoms with Gasteiger partial charge in [0.1, 0.15) is 22.3 Å². The van der Waals surface area contributed by atoms with E-state index in [-0.39, 0.29) is 22.0 Å². The second kappa shape index (κ2) is 9.32. The predicted molar refractivity (Wildman–Crippen MR) is 131 cm³/mol. The zero-order chi connectivity index (χ0) is 23.7. The molecule has 0 spiro atoms. The van der Waals surface area contributed by atoms with Crippen LogP contribution in [0.15, 0.2) is 77.5 Å². The number of amides is 2. The molecule has 0 bridgehead atoms. The van der Waals surface area contributed by atoms with Gasteiger partial charge in [0.25, 0.3) is 11.8 Å². The van der Waals surface area contributed by atoms with Gasteiger partial charge < -0.3 is 10.1 Å². The first-order valence-corrected chi connectivity index (χ1v) is 11.1. The SMILES string of the molecule is Cc1cc(I)ccc1N1C(=O)C(Cl)=C(Nc2ccc(C(=O)Oc3ccc(F)cc3)cc2)C1=O. The third kappa shape index (κ3) is 4.76. The number of anilines is 2. The molecular weight excluding hydrogens is 562 g/mol. The van der Waals surface area contributed by atoms with Crippen LogP contribution in [-0.4, -0.2) is 17.8 Å². The van der Waals surface area contributed by atoms with Gasteiger partial charge in [0.15, 0.2) is 0 Å². The fraction of sp³-hybridized carbons (Fsp3) is 0.0417. The summed E-state index contributed by atoms with van der Waals surface area (Å²) in [6.07, 6.45) is 0. The average molecular weight is 577 g/mol. The summed E-state index contributed by atoms with van der Waals surface area (Å²) < 4.78 is 19.2. The molecule has 0 aromatic heterocycles. The van der Waals surface area contributed by atoms with Crippen LogP contribution in [0.5, 0.6) is 5.75 Å². The van der Waals surface area contributed by atoms with Crippen LogP contribution in [0.25, 0.3) is 0 Å². The molecular formula is C24H15ClFIN2O4. The van der Waals surface area contributed by atoms with Gasteiger partial charge >= 0.3 is 5.97 Å². The van der Waals surface area contributed by atoms with Gasteiger partial charge in [0.05, 0.1) is 11.3 Å². The Morgan fingerprint density at radius 3 is 2.30 bits per heavy atom. The summed E-state index contributed by atoms with van der Waals surface area (Å²) in [6.45, 7) is 1.81. The Hall–Kier alpha value is -3.24. The molecule has 0 fully saturated rings. The number of benzene rings is 3. The van der Waals surface area contributed by atoms with Crippen molar-refractivity contribution in [2.45, 2.75) is 6.92 Å². The van der Waals surface area contributed by atoms with Crippen molar-refractivity contribution in [1.82, 2.24) is 0 Å². The molecule has 9 heteroatoms. The molecule has 33 heavy (non-hydrogen) atoms. The number of carbonyl (C=O) groups is 3. The van der Waals surface area contributed by atoms with Crippen molar-refractivity contribution in [3.05, 3.63) is 98.0 Å². The minimum atomic E-state index is -0.627. The molecule has 3 aromatic rings. The van der Waals surface area contributed by atoms with E-state index in [9.17, 15) is 18.8 Å². The van der Waals surface area contributed by atoms with E-state index in [1.807, 2.05) is 6.07 Å². The number of aryl methyl sites for hydroxylation is 1. The Morgan fingerprint density at radius 2 is 1.67 bits per heavy atom. The third-order valence-corrected chi connectivity index (χ3v) is 5.86. The lowest BCUT2D eigenvalue weighted by Gasteiger charge is -2.17. The average Bonchev–Trinajstić information content (AvgIpc) is 2.99. The van der Waals surface area contributed by atoms with Gasteiger partial charge in [0, 0.05) is 9.26 Å². The van der Waals surface area contributed by atoms with Gasteiger partial charge in [0.2, 0.25) is 0 Å². The number of halogens is 3. The number of hydrogen-bond donors (Lipinski definition) is 1.